The minimum atomic E-state index is -0.387. The van der Waals surface area contributed by atoms with Gasteiger partial charge in [0.05, 0.1) is 6.42 Å². The molecule has 0 heterocycles. The van der Waals surface area contributed by atoms with Crippen molar-refractivity contribution in [2.24, 2.45) is 5.92 Å². The van der Waals surface area contributed by atoms with Crippen LogP contribution in [0.2, 0.25) is 0 Å². The van der Waals surface area contributed by atoms with Gasteiger partial charge in [0.25, 0.3) is 0 Å². The van der Waals surface area contributed by atoms with E-state index in [1.165, 1.54) is 18.4 Å². The predicted molar refractivity (Wildman–Crippen MR) is 72.4 cm³/mol. The lowest BCUT2D eigenvalue weighted by Gasteiger charge is -2.22. The minimum Gasteiger partial charge on any atom is -0.460 e. The Morgan fingerprint density at radius 2 is 1.89 bits per heavy atom. The summed E-state index contributed by atoms with van der Waals surface area (Å²) in [5, 5.41) is 0. The van der Waals surface area contributed by atoms with Crippen molar-refractivity contribution in [3.8, 4) is 0 Å². The molecule has 0 bridgehead atoms. The lowest BCUT2D eigenvalue weighted by atomic mass is 9.91. The molecule has 0 saturated heterocycles. The molecule has 0 radical (unpaired) electrons. The highest BCUT2D eigenvalue weighted by molar-refractivity contribution is 5.71. The van der Waals surface area contributed by atoms with Crippen molar-refractivity contribution in [1.82, 2.24) is 0 Å². The van der Waals surface area contributed by atoms with E-state index in [2.05, 4.69) is 12.1 Å². The van der Waals surface area contributed by atoms with Crippen LogP contribution >= 0.6 is 0 Å². The first kappa shape index (κ1) is 13.1. The molecular formula is C16H22O2. The first-order valence-corrected chi connectivity index (χ1v) is 6.72. The maximum atomic E-state index is 12.0. The van der Waals surface area contributed by atoms with E-state index in [0.29, 0.717) is 18.3 Å². The standard InChI is InChI=1S/C16H22O2/c1-16(2,3)18-15(17)11-14(13-9-10-13)12-7-5-4-6-8-12/h4-8,13-14H,9-11H2,1-3H3/t14-/m0/s1. The molecule has 2 rings (SSSR count). The van der Waals surface area contributed by atoms with Crippen molar-refractivity contribution in [1.29, 1.82) is 0 Å². The van der Waals surface area contributed by atoms with Crippen LogP contribution in [0.3, 0.4) is 0 Å². The highest BCUT2D eigenvalue weighted by atomic mass is 16.6. The van der Waals surface area contributed by atoms with Crippen LogP contribution in [0.4, 0.5) is 0 Å². The molecule has 1 aliphatic carbocycles. The summed E-state index contributed by atoms with van der Waals surface area (Å²) in [4.78, 5) is 12.0. The topological polar surface area (TPSA) is 26.3 Å². The summed E-state index contributed by atoms with van der Waals surface area (Å²) < 4.78 is 5.43. The summed E-state index contributed by atoms with van der Waals surface area (Å²) >= 11 is 0. The molecule has 2 heteroatoms. The molecule has 98 valence electrons. The summed E-state index contributed by atoms with van der Waals surface area (Å²) in [7, 11) is 0. The number of hydrogen-bond acceptors (Lipinski definition) is 2. The zero-order valence-corrected chi connectivity index (χ0v) is 11.5. The second kappa shape index (κ2) is 5.13. The lowest BCUT2D eigenvalue weighted by Crippen LogP contribution is -2.25. The zero-order chi connectivity index (χ0) is 13.2. The molecule has 0 aromatic heterocycles. The Morgan fingerprint density at radius 3 is 2.39 bits per heavy atom. The largest absolute Gasteiger partial charge is 0.460 e. The van der Waals surface area contributed by atoms with Crippen molar-refractivity contribution in [3.63, 3.8) is 0 Å². The van der Waals surface area contributed by atoms with E-state index in [4.69, 9.17) is 4.74 Å². The van der Waals surface area contributed by atoms with Gasteiger partial charge >= 0.3 is 5.97 Å². The van der Waals surface area contributed by atoms with Crippen LogP contribution in [0.1, 0.15) is 51.5 Å². The Hall–Kier alpha value is -1.31. The van der Waals surface area contributed by atoms with Crippen molar-refractivity contribution in [3.05, 3.63) is 35.9 Å². The predicted octanol–water partition coefficient (Wildman–Crippen LogP) is 3.91. The van der Waals surface area contributed by atoms with Crippen LogP contribution < -0.4 is 0 Å². The van der Waals surface area contributed by atoms with Crippen molar-refractivity contribution >= 4 is 5.97 Å². The summed E-state index contributed by atoms with van der Waals surface area (Å²) in [6.45, 7) is 5.75. The first-order valence-electron chi connectivity index (χ1n) is 6.72. The minimum absolute atomic E-state index is 0.0803. The molecule has 1 atom stereocenters. The van der Waals surface area contributed by atoms with Crippen LogP contribution in [0.15, 0.2) is 30.3 Å². The third kappa shape index (κ3) is 3.86. The molecule has 18 heavy (non-hydrogen) atoms. The molecule has 1 aliphatic rings. The quantitative estimate of drug-likeness (QED) is 0.753. The van der Waals surface area contributed by atoms with Crippen LogP contribution in [0, 0.1) is 5.92 Å². The van der Waals surface area contributed by atoms with Crippen LogP contribution in [0.25, 0.3) is 0 Å². The second-order valence-corrected chi connectivity index (χ2v) is 6.15. The molecule has 0 aliphatic heterocycles. The molecule has 0 N–H and O–H groups in total. The van der Waals surface area contributed by atoms with E-state index >= 15 is 0 Å². The van der Waals surface area contributed by atoms with Crippen molar-refractivity contribution < 1.29 is 9.53 Å². The van der Waals surface area contributed by atoms with Gasteiger partial charge < -0.3 is 4.74 Å². The van der Waals surface area contributed by atoms with Gasteiger partial charge in [0.2, 0.25) is 0 Å². The third-order valence-electron chi connectivity index (χ3n) is 3.23. The van der Waals surface area contributed by atoms with Gasteiger partial charge in [-0.1, -0.05) is 30.3 Å². The van der Waals surface area contributed by atoms with E-state index in [1.807, 2.05) is 39.0 Å². The number of hydrogen-bond donors (Lipinski definition) is 0. The third-order valence-corrected chi connectivity index (χ3v) is 3.23. The summed E-state index contributed by atoms with van der Waals surface area (Å²) in [6.07, 6.45) is 2.98. The van der Waals surface area contributed by atoms with E-state index in [9.17, 15) is 4.79 Å². The van der Waals surface area contributed by atoms with Crippen LogP contribution in [0.5, 0.6) is 0 Å². The number of ether oxygens (including phenoxy) is 1. The monoisotopic (exact) mass is 246 g/mol. The smallest absolute Gasteiger partial charge is 0.306 e. The highest BCUT2D eigenvalue weighted by Gasteiger charge is 2.34. The second-order valence-electron chi connectivity index (χ2n) is 6.15. The number of carbonyl (C=O) groups excluding carboxylic acids is 1. The molecular weight excluding hydrogens is 224 g/mol. The molecule has 0 unspecified atom stereocenters. The van der Waals surface area contributed by atoms with Gasteiger partial charge in [0.15, 0.2) is 0 Å². The lowest BCUT2D eigenvalue weighted by molar-refractivity contribution is -0.155. The maximum absolute atomic E-state index is 12.0. The van der Waals surface area contributed by atoms with E-state index in [0.717, 1.165) is 0 Å². The molecule has 1 saturated carbocycles. The van der Waals surface area contributed by atoms with Gasteiger partial charge in [-0.3, -0.25) is 4.79 Å². The fourth-order valence-corrected chi connectivity index (χ4v) is 2.32. The summed E-state index contributed by atoms with van der Waals surface area (Å²) in [5.74, 6) is 0.921. The molecule has 0 amide bonds. The summed E-state index contributed by atoms with van der Waals surface area (Å²) in [6, 6.07) is 10.3. The van der Waals surface area contributed by atoms with Crippen molar-refractivity contribution in [2.75, 3.05) is 0 Å². The Balaban J connectivity index is 2.02. The average Bonchev–Trinajstić information content (AvgIpc) is 3.08. The van der Waals surface area contributed by atoms with Gasteiger partial charge in [0.1, 0.15) is 5.60 Å². The van der Waals surface area contributed by atoms with Crippen molar-refractivity contribution in [2.45, 2.75) is 51.6 Å². The van der Waals surface area contributed by atoms with Gasteiger partial charge in [-0.25, -0.2) is 0 Å². The zero-order valence-electron chi connectivity index (χ0n) is 11.5. The molecule has 1 fully saturated rings. The van der Waals surface area contributed by atoms with E-state index in [1.54, 1.807) is 0 Å². The summed E-state index contributed by atoms with van der Waals surface area (Å²) in [5.41, 5.74) is 0.882. The average molecular weight is 246 g/mol. The van der Waals surface area contributed by atoms with Gasteiger partial charge in [0, 0.05) is 0 Å². The van der Waals surface area contributed by atoms with Crippen LogP contribution in [-0.4, -0.2) is 11.6 Å². The van der Waals surface area contributed by atoms with Gasteiger partial charge in [-0.05, 0) is 51.0 Å². The number of esters is 1. The number of rotatable bonds is 4. The Kier molecular flexibility index (Phi) is 3.74. The van der Waals surface area contributed by atoms with E-state index < -0.39 is 0 Å². The Labute approximate surface area is 109 Å². The molecule has 2 nitrogen and oxygen atoms in total. The number of carbonyl (C=O) groups is 1. The fraction of sp³-hybridized carbons (Fsp3) is 0.562. The molecule has 1 aromatic carbocycles. The Morgan fingerprint density at radius 1 is 1.28 bits per heavy atom. The van der Waals surface area contributed by atoms with E-state index in [-0.39, 0.29) is 11.6 Å². The van der Waals surface area contributed by atoms with Gasteiger partial charge in [-0.15, -0.1) is 0 Å². The highest BCUT2D eigenvalue weighted by Crippen LogP contribution is 2.44. The normalized spacial score (nSPS) is 17.3. The SMILES string of the molecule is CC(C)(C)OC(=O)C[C@@H](c1ccccc1)C1CC1. The fourth-order valence-electron chi connectivity index (χ4n) is 2.32. The van der Waals surface area contributed by atoms with Crippen LogP contribution in [-0.2, 0) is 9.53 Å². The maximum Gasteiger partial charge on any atom is 0.306 e. The molecule has 0 spiro atoms. The molecule has 1 aromatic rings. The first-order chi connectivity index (χ1) is 8.46. The van der Waals surface area contributed by atoms with Gasteiger partial charge in [-0.2, -0.15) is 0 Å². The Bertz CT molecular complexity index is 399. The number of benzene rings is 1.